The first kappa shape index (κ1) is 14.7. The third kappa shape index (κ3) is 2.99. The number of benzene rings is 1. The van der Waals surface area contributed by atoms with Gasteiger partial charge in [0.1, 0.15) is 0 Å². The quantitative estimate of drug-likeness (QED) is 0.676. The number of hydrogen-bond acceptors (Lipinski definition) is 4. The number of ether oxygens (including phenoxy) is 2. The molecule has 2 aromatic heterocycles. The molecular formula is C17H18N2O2S. The zero-order valence-corrected chi connectivity index (χ0v) is 13.5. The lowest BCUT2D eigenvalue weighted by Crippen LogP contribution is -1.98. The number of hydrogen-bond donors (Lipinski definition) is 0. The molecule has 1 aromatic carbocycles. The van der Waals surface area contributed by atoms with Gasteiger partial charge in [0.15, 0.2) is 16.6 Å². The maximum absolute atomic E-state index is 5.68. The first-order chi connectivity index (χ1) is 10.8. The van der Waals surface area contributed by atoms with Crippen molar-refractivity contribution in [2.45, 2.75) is 13.8 Å². The molecule has 0 atom stereocenters. The minimum atomic E-state index is 0.606. The second-order valence-corrected chi connectivity index (χ2v) is 5.47. The highest BCUT2D eigenvalue weighted by Crippen LogP contribution is 2.33. The third-order valence-electron chi connectivity index (χ3n) is 3.16. The monoisotopic (exact) mass is 314 g/mol. The summed E-state index contributed by atoms with van der Waals surface area (Å²) in [6, 6.07) is 9.93. The van der Waals surface area contributed by atoms with Crippen LogP contribution in [0.3, 0.4) is 0 Å². The van der Waals surface area contributed by atoms with Gasteiger partial charge in [-0.05, 0) is 44.2 Å². The Bertz CT molecular complexity index is 735. The standard InChI is InChI=1S/C17H18N2O2S/c1-3-20-15-8-7-13(11-16(15)21-4-2)14-12-22-17(18-14)19-9-5-6-10-19/h5-12H,3-4H2,1-2H3. The van der Waals surface area contributed by atoms with Crippen LogP contribution >= 0.6 is 11.3 Å². The fraction of sp³-hybridized carbons (Fsp3) is 0.235. The molecule has 5 heteroatoms. The normalized spacial score (nSPS) is 10.6. The summed E-state index contributed by atoms with van der Waals surface area (Å²) >= 11 is 1.62. The van der Waals surface area contributed by atoms with E-state index in [0.717, 1.165) is 27.9 Å². The number of aromatic nitrogens is 2. The zero-order valence-electron chi connectivity index (χ0n) is 12.7. The molecular weight excluding hydrogens is 296 g/mol. The topological polar surface area (TPSA) is 36.3 Å². The molecule has 0 saturated carbocycles. The Morgan fingerprint density at radius 3 is 2.50 bits per heavy atom. The van der Waals surface area contributed by atoms with Gasteiger partial charge in [0.2, 0.25) is 0 Å². The summed E-state index contributed by atoms with van der Waals surface area (Å²) in [5.74, 6) is 1.53. The van der Waals surface area contributed by atoms with Crippen LogP contribution in [0.25, 0.3) is 16.4 Å². The van der Waals surface area contributed by atoms with Gasteiger partial charge >= 0.3 is 0 Å². The first-order valence-electron chi connectivity index (χ1n) is 7.30. The molecule has 0 unspecified atom stereocenters. The molecule has 0 aliphatic heterocycles. The fourth-order valence-electron chi connectivity index (χ4n) is 2.19. The molecule has 22 heavy (non-hydrogen) atoms. The third-order valence-corrected chi connectivity index (χ3v) is 4.01. The second-order valence-electron chi connectivity index (χ2n) is 4.63. The van der Waals surface area contributed by atoms with Crippen LogP contribution in [0.15, 0.2) is 48.1 Å². The second kappa shape index (κ2) is 6.66. The molecule has 114 valence electrons. The molecule has 3 rings (SSSR count). The van der Waals surface area contributed by atoms with Gasteiger partial charge in [-0.2, -0.15) is 0 Å². The molecule has 0 spiro atoms. The van der Waals surface area contributed by atoms with E-state index in [4.69, 9.17) is 9.47 Å². The van der Waals surface area contributed by atoms with Crippen molar-refractivity contribution < 1.29 is 9.47 Å². The lowest BCUT2D eigenvalue weighted by Gasteiger charge is -2.11. The van der Waals surface area contributed by atoms with Gasteiger partial charge < -0.3 is 14.0 Å². The highest BCUT2D eigenvalue weighted by Gasteiger charge is 2.10. The highest BCUT2D eigenvalue weighted by atomic mass is 32.1. The molecule has 0 aliphatic carbocycles. The zero-order chi connectivity index (χ0) is 15.4. The van der Waals surface area contributed by atoms with Crippen molar-refractivity contribution in [3.63, 3.8) is 0 Å². The van der Waals surface area contributed by atoms with Crippen LogP contribution in [0.2, 0.25) is 0 Å². The first-order valence-corrected chi connectivity index (χ1v) is 8.18. The molecule has 2 heterocycles. The van der Waals surface area contributed by atoms with E-state index in [1.165, 1.54) is 0 Å². The van der Waals surface area contributed by atoms with Gasteiger partial charge in [0.05, 0.1) is 18.9 Å². The van der Waals surface area contributed by atoms with Crippen LogP contribution in [0.1, 0.15) is 13.8 Å². The van der Waals surface area contributed by atoms with Crippen LogP contribution in [-0.2, 0) is 0 Å². The number of nitrogens with zero attached hydrogens (tertiary/aromatic N) is 2. The van der Waals surface area contributed by atoms with Crippen LogP contribution in [0.4, 0.5) is 0 Å². The van der Waals surface area contributed by atoms with Crippen LogP contribution in [0, 0.1) is 0 Å². The fourth-order valence-corrected chi connectivity index (χ4v) is 2.99. The van der Waals surface area contributed by atoms with Crippen molar-refractivity contribution in [1.82, 2.24) is 9.55 Å². The summed E-state index contributed by atoms with van der Waals surface area (Å²) in [5.41, 5.74) is 1.97. The van der Waals surface area contributed by atoms with E-state index in [1.807, 2.05) is 61.1 Å². The SMILES string of the molecule is CCOc1ccc(-c2csc(-n3cccc3)n2)cc1OCC. The van der Waals surface area contributed by atoms with E-state index in [9.17, 15) is 0 Å². The van der Waals surface area contributed by atoms with Crippen LogP contribution in [0.5, 0.6) is 11.5 Å². The summed E-state index contributed by atoms with van der Waals surface area (Å²) in [6.45, 7) is 5.16. The maximum Gasteiger partial charge on any atom is 0.194 e. The van der Waals surface area contributed by atoms with Crippen molar-refractivity contribution in [3.05, 3.63) is 48.1 Å². The summed E-state index contributed by atoms with van der Waals surface area (Å²) in [7, 11) is 0. The van der Waals surface area contributed by atoms with E-state index in [2.05, 4.69) is 10.4 Å². The average Bonchev–Trinajstić information content (AvgIpc) is 3.20. The highest BCUT2D eigenvalue weighted by molar-refractivity contribution is 7.12. The minimum absolute atomic E-state index is 0.606. The Morgan fingerprint density at radius 2 is 1.77 bits per heavy atom. The van der Waals surface area contributed by atoms with Crippen molar-refractivity contribution in [1.29, 1.82) is 0 Å². The summed E-state index contributed by atoms with van der Waals surface area (Å²) in [6.07, 6.45) is 3.98. The van der Waals surface area contributed by atoms with E-state index in [0.29, 0.717) is 13.2 Å². The van der Waals surface area contributed by atoms with Gasteiger partial charge in [-0.25, -0.2) is 4.98 Å². The van der Waals surface area contributed by atoms with Gasteiger partial charge in [-0.1, -0.05) is 0 Å². The predicted octanol–water partition coefficient (Wildman–Crippen LogP) is 4.40. The van der Waals surface area contributed by atoms with E-state index >= 15 is 0 Å². The number of rotatable bonds is 6. The molecule has 0 N–H and O–H groups in total. The van der Waals surface area contributed by atoms with E-state index in [1.54, 1.807) is 11.3 Å². The molecule has 0 fully saturated rings. The molecule has 0 aliphatic rings. The van der Waals surface area contributed by atoms with Gasteiger partial charge in [0, 0.05) is 23.3 Å². The van der Waals surface area contributed by atoms with Gasteiger partial charge in [-0.15, -0.1) is 11.3 Å². The Hall–Kier alpha value is -2.27. The largest absolute Gasteiger partial charge is 0.490 e. The summed E-state index contributed by atoms with van der Waals surface area (Å²) < 4.78 is 13.3. The smallest absolute Gasteiger partial charge is 0.194 e. The van der Waals surface area contributed by atoms with Crippen LogP contribution < -0.4 is 9.47 Å². The number of thiazole rings is 1. The van der Waals surface area contributed by atoms with Crippen molar-refractivity contribution in [2.24, 2.45) is 0 Å². The Morgan fingerprint density at radius 1 is 1.05 bits per heavy atom. The Balaban J connectivity index is 1.93. The maximum atomic E-state index is 5.68. The van der Waals surface area contributed by atoms with Crippen LogP contribution in [-0.4, -0.2) is 22.8 Å². The minimum Gasteiger partial charge on any atom is -0.490 e. The average molecular weight is 314 g/mol. The van der Waals surface area contributed by atoms with E-state index in [-0.39, 0.29) is 0 Å². The Labute approximate surface area is 134 Å². The lowest BCUT2D eigenvalue weighted by molar-refractivity contribution is 0.288. The molecule has 4 nitrogen and oxygen atoms in total. The molecule has 0 amide bonds. The van der Waals surface area contributed by atoms with E-state index < -0.39 is 0 Å². The molecule has 0 saturated heterocycles. The molecule has 0 radical (unpaired) electrons. The van der Waals surface area contributed by atoms with Crippen molar-refractivity contribution >= 4 is 11.3 Å². The van der Waals surface area contributed by atoms with Gasteiger partial charge in [0.25, 0.3) is 0 Å². The van der Waals surface area contributed by atoms with Gasteiger partial charge in [-0.3, -0.25) is 0 Å². The van der Waals surface area contributed by atoms with Crippen molar-refractivity contribution in [2.75, 3.05) is 13.2 Å². The molecule has 0 bridgehead atoms. The predicted molar refractivity (Wildman–Crippen MR) is 89.2 cm³/mol. The molecule has 3 aromatic rings. The summed E-state index contributed by atoms with van der Waals surface area (Å²) in [4.78, 5) is 4.68. The Kier molecular flexibility index (Phi) is 4.44. The lowest BCUT2D eigenvalue weighted by atomic mass is 10.1. The van der Waals surface area contributed by atoms with Crippen molar-refractivity contribution in [3.8, 4) is 27.9 Å². The summed E-state index contributed by atoms with van der Waals surface area (Å²) in [5, 5.41) is 3.01.